The summed E-state index contributed by atoms with van der Waals surface area (Å²) < 4.78 is 39.1. The van der Waals surface area contributed by atoms with E-state index in [-0.39, 0.29) is 6.04 Å². The molecule has 1 fully saturated rings. The second-order valence-electron chi connectivity index (χ2n) is 5.85. The Morgan fingerprint density at radius 3 is 2.67 bits per heavy atom. The molecule has 0 aromatic heterocycles. The average molecular weight is 300 g/mol. The number of likely N-dealkylation sites (N-methyl/N-ethyl adjacent to an activating group) is 1. The van der Waals surface area contributed by atoms with Crippen molar-refractivity contribution in [2.45, 2.75) is 44.4 Å². The van der Waals surface area contributed by atoms with Crippen molar-refractivity contribution < 1.29 is 13.2 Å². The number of hydrogen-bond acceptors (Lipinski definition) is 2. The summed E-state index contributed by atoms with van der Waals surface area (Å²) in [4.78, 5) is 2.29. The fraction of sp³-hybridized carbons (Fsp3) is 0.625. The van der Waals surface area contributed by atoms with Gasteiger partial charge in [0, 0.05) is 18.6 Å². The number of nitrogens with zero attached hydrogens (tertiary/aromatic N) is 1. The highest BCUT2D eigenvalue weighted by molar-refractivity contribution is 5.32. The molecule has 1 aliphatic heterocycles. The average Bonchev–Trinajstić information content (AvgIpc) is 2.45. The fourth-order valence-electron chi connectivity index (χ4n) is 2.96. The predicted molar refractivity (Wildman–Crippen MR) is 78.1 cm³/mol. The summed E-state index contributed by atoms with van der Waals surface area (Å²) in [5.74, 6) is 0. The minimum Gasteiger partial charge on any atom is -0.309 e. The van der Waals surface area contributed by atoms with E-state index in [1.165, 1.54) is 18.9 Å². The Hall–Kier alpha value is -1.07. The predicted octanol–water partition coefficient (Wildman–Crippen LogP) is 3.84. The summed E-state index contributed by atoms with van der Waals surface area (Å²) in [7, 11) is 2.08. The molecule has 118 valence electrons. The second-order valence-corrected chi connectivity index (χ2v) is 5.85. The molecular formula is C16H23F3N2. The lowest BCUT2D eigenvalue weighted by molar-refractivity contribution is -0.138. The minimum atomic E-state index is -4.30. The first-order valence-corrected chi connectivity index (χ1v) is 7.49. The van der Waals surface area contributed by atoms with Gasteiger partial charge in [0.25, 0.3) is 0 Å². The minimum absolute atomic E-state index is 0.307. The highest BCUT2D eigenvalue weighted by Crippen LogP contribution is 2.34. The van der Waals surface area contributed by atoms with E-state index in [4.69, 9.17) is 0 Å². The topological polar surface area (TPSA) is 15.3 Å². The number of likely N-dealkylation sites (tertiary alicyclic amines) is 1. The molecule has 1 N–H and O–H groups in total. The number of nitrogens with one attached hydrogen (secondary N) is 1. The summed E-state index contributed by atoms with van der Waals surface area (Å²) in [5, 5.41) is 3.27. The van der Waals surface area contributed by atoms with Crippen LogP contribution in [0, 0.1) is 0 Å². The Labute approximate surface area is 124 Å². The molecule has 1 aromatic carbocycles. The zero-order chi connectivity index (χ0) is 15.5. The Kier molecular flexibility index (Phi) is 5.27. The summed E-state index contributed by atoms with van der Waals surface area (Å²) in [6, 6.07) is 5.92. The summed E-state index contributed by atoms with van der Waals surface area (Å²) in [6.45, 7) is 3.59. The van der Waals surface area contributed by atoms with Gasteiger partial charge in [-0.2, -0.15) is 13.2 Å². The van der Waals surface area contributed by atoms with E-state index in [1.807, 2.05) is 0 Å². The third-order valence-electron chi connectivity index (χ3n) is 4.31. The third kappa shape index (κ3) is 4.20. The monoisotopic (exact) mass is 300 g/mol. The molecule has 0 bridgehead atoms. The van der Waals surface area contributed by atoms with Crippen LogP contribution in [0.15, 0.2) is 24.3 Å². The lowest BCUT2D eigenvalue weighted by atomic mass is 9.99. The van der Waals surface area contributed by atoms with Crippen LogP contribution in [0.4, 0.5) is 13.2 Å². The van der Waals surface area contributed by atoms with Gasteiger partial charge in [0.05, 0.1) is 5.56 Å². The van der Waals surface area contributed by atoms with Gasteiger partial charge in [0.2, 0.25) is 0 Å². The number of benzene rings is 1. The smallest absolute Gasteiger partial charge is 0.309 e. The van der Waals surface area contributed by atoms with Crippen molar-refractivity contribution in [2.75, 3.05) is 20.1 Å². The largest absolute Gasteiger partial charge is 0.416 e. The zero-order valence-electron chi connectivity index (χ0n) is 12.6. The van der Waals surface area contributed by atoms with Gasteiger partial charge in [-0.05, 0) is 45.0 Å². The molecule has 0 saturated carbocycles. The molecule has 2 atom stereocenters. The molecular weight excluding hydrogens is 277 g/mol. The van der Waals surface area contributed by atoms with Crippen LogP contribution in [0.3, 0.4) is 0 Å². The number of rotatable bonds is 4. The van der Waals surface area contributed by atoms with Crippen molar-refractivity contribution in [3.05, 3.63) is 35.4 Å². The van der Waals surface area contributed by atoms with Crippen LogP contribution in [0.25, 0.3) is 0 Å². The maximum atomic E-state index is 13.0. The van der Waals surface area contributed by atoms with E-state index >= 15 is 0 Å². The van der Waals surface area contributed by atoms with E-state index < -0.39 is 11.7 Å². The van der Waals surface area contributed by atoms with Crippen molar-refractivity contribution >= 4 is 0 Å². The van der Waals surface area contributed by atoms with Gasteiger partial charge in [-0.1, -0.05) is 24.6 Å². The molecule has 1 saturated heterocycles. The Morgan fingerprint density at radius 2 is 2.00 bits per heavy atom. The van der Waals surface area contributed by atoms with Crippen LogP contribution in [0.5, 0.6) is 0 Å². The standard InChI is InChI=1S/C16H23F3N2/c1-12(20-11-13-7-5-6-10-21(13)2)14-8-3-4-9-15(14)16(17,18)19/h3-4,8-9,12-13,20H,5-7,10-11H2,1-2H3. The molecule has 2 rings (SSSR count). The SMILES string of the molecule is CC(NCC1CCCCN1C)c1ccccc1C(F)(F)F. The Morgan fingerprint density at radius 1 is 1.29 bits per heavy atom. The van der Waals surface area contributed by atoms with Crippen molar-refractivity contribution in [2.24, 2.45) is 0 Å². The highest BCUT2D eigenvalue weighted by Gasteiger charge is 2.34. The third-order valence-corrected chi connectivity index (χ3v) is 4.31. The first-order valence-electron chi connectivity index (χ1n) is 7.49. The van der Waals surface area contributed by atoms with Crippen molar-refractivity contribution in [3.8, 4) is 0 Å². The quantitative estimate of drug-likeness (QED) is 0.909. The zero-order valence-corrected chi connectivity index (χ0v) is 12.6. The Balaban J connectivity index is 2.02. The molecule has 21 heavy (non-hydrogen) atoms. The number of piperidine rings is 1. The molecule has 2 unspecified atom stereocenters. The molecule has 5 heteroatoms. The molecule has 1 heterocycles. The van der Waals surface area contributed by atoms with Crippen LogP contribution in [0.1, 0.15) is 43.4 Å². The summed E-state index contributed by atoms with van der Waals surface area (Å²) >= 11 is 0. The normalized spacial score (nSPS) is 22.2. The molecule has 0 radical (unpaired) electrons. The fourth-order valence-corrected chi connectivity index (χ4v) is 2.96. The van der Waals surface area contributed by atoms with E-state index in [2.05, 4.69) is 17.3 Å². The number of halogens is 3. The lowest BCUT2D eigenvalue weighted by Crippen LogP contribution is -2.43. The molecule has 2 nitrogen and oxygen atoms in total. The van der Waals surface area contributed by atoms with Crippen LogP contribution >= 0.6 is 0 Å². The maximum absolute atomic E-state index is 13.0. The number of hydrogen-bond donors (Lipinski definition) is 1. The van der Waals surface area contributed by atoms with Crippen molar-refractivity contribution in [1.82, 2.24) is 10.2 Å². The molecule has 1 aliphatic rings. The van der Waals surface area contributed by atoms with Crippen LogP contribution in [-0.4, -0.2) is 31.1 Å². The van der Waals surface area contributed by atoms with Gasteiger partial charge in [0.15, 0.2) is 0 Å². The van der Waals surface area contributed by atoms with Crippen LogP contribution in [-0.2, 0) is 6.18 Å². The molecule has 0 amide bonds. The van der Waals surface area contributed by atoms with E-state index in [1.54, 1.807) is 19.1 Å². The van der Waals surface area contributed by atoms with Gasteiger partial charge >= 0.3 is 6.18 Å². The summed E-state index contributed by atoms with van der Waals surface area (Å²) in [6.07, 6.45) is -0.783. The molecule has 0 spiro atoms. The molecule has 0 aliphatic carbocycles. The lowest BCUT2D eigenvalue weighted by Gasteiger charge is -2.33. The first kappa shape index (κ1) is 16.3. The number of alkyl halides is 3. The molecule has 1 aromatic rings. The van der Waals surface area contributed by atoms with Gasteiger partial charge in [-0.15, -0.1) is 0 Å². The Bertz CT molecular complexity index is 459. The van der Waals surface area contributed by atoms with E-state index in [0.717, 1.165) is 25.6 Å². The summed E-state index contributed by atoms with van der Waals surface area (Å²) in [5.41, 5.74) is -0.217. The van der Waals surface area contributed by atoms with Gasteiger partial charge in [0.1, 0.15) is 0 Å². The van der Waals surface area contributed by atoms with Crippen molar-refractivity contribution in [3.63, 3.8) is 0 Å². The second kappa shape index (κ2) is 6.79. The van der Waals surface area contributed by atoms with Gasteiger partial charge in [-0.3, -0.25) is 0 Å². The van der Waals surface area contributed by atoms with Crippen LogP contribution < -0.4 is 5.32 Å². The van der Waals surface area contributed by atoms with Crippen LogP contribution in [0.2, 0.25) is 0 Å². The van der Waals surface area contributed by atoms with Gasteiger partial charge in [-0.25, -0.2) is 0 Å². The highest BCUT2D eigenvalue weighted by atomic mass is 19.4. The van der Waals surface area contributed by atoms with E-state index in [0.29, 0.717) is 11.6 Å². The van der Waals surface area contributed by atoms with E-state index in [9.17, 15) is 13.2 Å². The van der Waals surface area contributed by atoms with Gasteiger partial charge < -0.3 is 10.2 Å². The first-order chi connectivity index (χ1) is 9.89. The van der Waals surface area contributed by atoms with Crippen molar-refractivity contribution in [1.29, 1.82) is 0 Å². The maximum Gasteiger partial charge on any atom is 0.416 e.